The van der Waals surface area contributed by atoms with Crippen molar-refractivity contribution in [2.24, 2.45) is 5.11 Å². The zero-order chi connectivity index (χ0) is 16.8. The van der Waals surface area contributed by atoms with E-state index < -0.39 is 0 Å². The molecule has 0 unspecified atom stereocenters. The fourth-order valence-electron chi connectivity index (χ4n) is 2.27. The van der Waals surface area contributed by atoms with Crippen molar-refractivity contribution in [3.05, 3.63) is 46.5 Å². The number of carbonyl (C=O) groups is 2. The Hall–Kier alpha value is -2.99. The topological polar surface area (TPSA) is 110 Å². The monoisotopic (exact) mass is 315 g/mol. The lowest BCUT2D eigenvalue weighted by Crippen LogP contribution is -2.46. The lowest BCUT2D eigenvalue weighted by molar-refractivity contribution is -0.112. The first-order valence-electron chi connectivity index (χ1n) is 7.11. The maximum Gasteiger partial charge on any atom is 0.257 e. The Morgan fingerprint density at radius 1 is 1.30 bits per heavy atom. The van der Waals surface area contributed by atoms with E-state index in [0.717, 1.165) is 0 Å². The summed E-state index contributed by atoms with van der Waals surface area (Å²) in [5.74, 6) is -0.502. The SMILES string of the molecule is CC(=O)/C=C/N1CCN(C(=O)c2ccc(N=[N+]=[N-])cc2O)CC1. The molecule has 1 amide bonds. The Kier molecular flexibility index (Phi) is 5.22. The third-order valence-corrected chi connectivity index (χ3v) is 3.49. The predicted molar refractivity (Wildman–Crippen MR) is 84.2 cm³/mol. The van der Waals surface area contributed by atoms with Gasteiger partial charge >= 0.3 is 0 Å². The van der Waals surface area contributed by atoms with Crippen molar-refractivity contribution in [1.29, 1.82) is 0 Å². The van der Waals surface area contributed by atoms with Crippen molar-refractivity contribution in [1.82, 2.24) is 9.80 Å². The van der Waals surface area contributed by atoms with E-state index in [-0.39, 0.29) is 28.7 Å². The molecule has 0 radical (unpaired) electrons. The summed E-state index contributed by atoms with van der Waals surface area (Å²) < 4.78 is 0. The second-order valence-corrected chi connectivity index (χ2v) is 5.15. The maximum atomic E-state index is 12.4. The zero-order valence-electron chi connectivity index (χ0n) is 12.7. The Labute approximate surface area is 133 Å². The van der Waals surface area contributed by atoms with E-state index in [0.29, 0.717) is 26.2 Å². The van der Waals surface area contributed by atoms with Gasteiger partial charge in [-0.3, -0.25) is 9.59 Å². The molecule has 0 aromatic heterocycles. The van der Waals surface area contributed by atoms with Gasteiger partial charge in [0.25, 0.3) is 5.91 Å². The molecule has 1 heterocycles. The first-order valence-corrected chi connectivity index (χ1v) is 7.11. The number of phenolic OH excluding ortho intramolecular Hbond substituents is 1. The Morgan fingerprint density at radius 3 is 2.57 bits per heavy atom. The molecule has 8 heteroatoms. The molecular weight excluding hydrogens is 298 g/mol. The number of piperazine rings is 1. The molecule has 0 saturated carbocycles. The predicted octanol–water partition coefficient (Wildman–Crippen LogP) is 2.19. The largest absolute Gasteiger partial charge is 0.507 e. The third kappa shape index (κ3) is 4.24. The van der Waals surface area contributed by atoms with E-state index >= 15 is 0 Å². The Bertz CT molecular complexity index is 686. The van der Waals surface area contributed by atoms with Gasteiger partial charge in [-0.05, 0) is 30.7 Å². The molecule has 1 N–H and O–H groups in total. The molecule has 1 fully saturated rings. The molecule has 0 atom stereocenters. The van der Waals surface area contributed by atoms with Crippen LogP contribution in [0.2, 0.25) is 0 Å². The van der Waals surface area contributed by atoms with Crippen LogP contribution in [0, 0.1) is 0 Å². The standard InChI is InChI=1S/C15H17N5O3/c1-11(21)4-5-19-6-8-20(9-7-19)15(23)13-3-2-12(17-18-16)10-14(13)22/h2-5,10,22H,6-9H2,1H3/b5-4+. The van der Waals surface area contributed by atoms with Crippen LogP contribution < -0.4 is 0 Å². The summed E-state index contributed by atoms with van der Waals surface area (Å²) in [7, 11) is 0. The van der Waals surface area contributed by atoms with Crippen LogP contribution in [-0.2, 0) is 4.79 Å². The third-order valence-electron chi connectivity index (χ3n) is 3.49. The van der Waals surface area contributed by atoms with Crippen LogP contribution in [0.3, 0.4) is 0 Å². The minimum atomic E-state index is -0.273. The van der Waals surface area contributed by atoms with Crippen LogP contribution in [-0.4, -0.2) is 52.8 Å². The molecule has 120 valence electrons. The van der Waals surface area contributed by atoms with E-state index in [1.807, 2.05) is 4.90 Å². The fourth-order valence-corrected chi connectivity index (χ4v) is 2.27. The van der Waals surface area contributed by atoms with Crippen LogP contribution in [0.15, 0.2) is 35.6 Å². The smallest absolute Gasteiger partial charge is 0.257 e. The van der Waals surface area contributed by atoms with Crippen molar-refractivity contribution >= 4 is 17.4 Å². The van der Waals surface area contributed by atoms with Gasteiger partial charge in [0.15, 0.2) is 5.78 Å². The van der Waals surface area contributed by atoms with Crippen LogP contribution in [0.25, 0.3) is 10.4 Å². The first kappa shape index (κ1) is 16.4. The van der Waals surface area contributed by atoms with Crippen molar-refractivity contribution in [3.8, 4) is 5.75 Å². The minimum Gasteiger partial charge on any atom is -0.507 e. The van der Waals surface area contributed by atoms with Gasteiger partial charge in [0, 0.05) is 43.0 Å². The van der Waals surface area contributed by atoms with Crippen LogP contribution in [0.5, 0.6) is 5.75 Å². The van der Waals surface area contributed by atoms with Gasteiger partial charge in [0.05, 0.1) is 5.56 Å². The molecular formula is C15H17N5O3. The molecule has 23 heavy (non-hydrogen) atoms. The molecule has 1 aliphatic rings. The molecule has 1 aromatic carbocycles. The van der Waals surface area contributed by atoms with Gasteiger partial charge < -0.3 is 14.9 Å². The second kappa shape index (κ2) is 7.33. The van der Waals surface area contributed by atoms with E-state index in [2.05, 4.69) is 10.0 Å². The number of phenols is 1. The summed E-state index contributed by atoms with van der Waals surface area (Å²) in [5.41, 5.74) is 8.79. The molecule has 0 spiro atoms. The number of carbonyl (C=O) groups excluding carboxylic acids is 2. The summed E-state index contributed by atoms with van der Waals surface area (Å²) in [6.07, 6.45) is 3.23. The van der Waals surface area contributed by atoms with Gasteiger partial charge in [0.2, 0.25) is 0 Å². The number of amides is 1. The maximum absolute atomic E-state index is 12.4. The highest BCUT2D eigenvalue weighted by atomic mass is 16.3. The van der Waals surface area contributed by atoms with Gasteiger partial charge in [-0.15, -0.1) is 0 Å². The van der Waals surface area contributed by atoms with Crippen LogP contribution in [0.1, 0.15) is 17.3 Å². The lowest BCUT2D eigenvalue weighted by atomic mass is 10.1. The number of nitrogens with zero attached hydrogens (tertiary/aromatic N) is 5. The van der Waals surface area contributed by atoms with E-state index in [4.69, 9.17) is 5.53 Å². The van der Waals surface area contributed by atoms with Crippen LogP contribution in [0.4, 0.5) is 5.69 Å². The number of rotatable bonds is 4. The molecule has 2 rings (SSSR count). The van der Waals surface area contributed by atoms with Crippen molar-refractivity contribution < 1.29 is 14.7 Å². The first-order chi connectivity index (χ1) is 11.0. The number of hydrogen-bond donors (Lipinski definition) is 1. The van der Waals surface area contributed by atoms with E-state index in [1.54, 1.807) is 11.1 Å². The number of aromatic hydroxyl groups is 1. The van der Waals surface area contributed by atoms with Crippen molar-refractivity contribution in [2.45, 2.75) is 6.92 Å². The number of ketones is 1. The highest BCUT2D eigenvalue weighted by Crippen LogP contribution is 2.25. The average Bonchev–Trinajstić information content (AvgIpc) is 2.53. The summed E-state index contributed by atoms with van der Waals surface area (Å²) in [6, 6.07) is 4.20. The molecule has 8 nitrogen and oxygen atoms in total. The molecule has 0 aliphatic carbocycles. The zero-order valence-corrected chi connectivity index (χ0v) is 12.7. The normalized spacial score (nSPS) is 14.7. The molecule has 1 aliphatic heterocycles. The molecule has 1 aromatic rings. The second-order valence-electron chi connectivity index (χ2n) is 5.15. The lowest BCUT2D eigenvalue weighted by Gasteiger charge is -2.34. The van der Waals surface area contributed by atoms with Gasteiger partial charge in [0.1, 0.15) is 5.75 Å². The van der Waals surface area contributed by atoms with Crippen molar-refractivity contribution in [2.75, 3.05) is 26.2 Å². The number of azide groups is 1. The van der Waals surface area contributed by atoms with Gasteiger partial charge in [-0.25, -0.2) is 0 Å². The highest BCUT2D eigenvalue weighted by Gasteiger charge is 2.22. The molecule has 0 bridgehead atoms. The van der Waals surface area contributed by atoms with Crippen molar-refractivity contribution in [3.63, 3.8) is 0 Å². The summed E-state index contributed by atoms with van der Waals surface area (Å²) >= 11 is 0. The Balaban J connectivity index is 2.02. The van der Waals surface area contributed by atoms with Gasteiger partial charge in [-0.2, -0.15) is 0 Å². The number of allylic oxidation sites excluding steroid dienone is 1. The fraction of sp³-hybridized carbons (Fsp3) is 0.333. The van der Waals surface area contributed by atoms with E-state index in [1.165, 1.54) is 31.2 Å². The molecule has 1 saturated heterocycles. The summed E-state index contributed by atoms with van der Waals surface area (Å²) in [5, 5.41) is 13.3. The summed E-state index contributed by atoms with van der Waals surface area (Å²) in [4.78, 5) is 29.6. The van der Waals surface area contributed by atoms with Crippen LogP contribution >= 0.6 is 0 Å². The quantitative estimate of drug-likeness (QED) is 0.397. The summed E-state index contributed by atoms with van der Waals surface area (Å²) in [6.45, 7) is 3.72. The minimum absolute atomic E-state index is 0.0199. The highest BCUT2D eigenvalue weighted by molar-refractivity contribution is 5.97. The Morgan fingerprint density at radius 2 is 2.00 bits per heavy atom. The van der Waals surface area contributed by atoms with Gasteiger partial charge in [-0.1, -0.05) is 11.2 Å². The number of benzene rings is 1. The van der Waals surface area contributed by atoms with E-state index in [9.17, 15) is 14.7 Å². The number of hydrogen-bond acceptors (Lipinski definition) is 5. The average molecular weight is 315 g/mol.